The Morgan fingerprint density at radius 2 is 2.06 bits per heavy atom. The number of aromatic nitrogens is 4. The number of hydrogen-bond donors (Lipinski definition) is 2. The van der Waals surface area contributed by atoms with Gasteiger partial charge in [0.1, 0.15) is 11.6 Å². The van der Waals surface area contributed by atoms with Crippen LogP contribution in [0.1, 0.15) is 25.4 Å². The number of H-pyrrole nitrogens is 1. The minimum atomic E-state index is 0.504. The summed E-state index contributed by atoms with van der Waals surface area (Å²) >= 11 is 0. The molecule has 0 saturated heterocycles. The van der Waals surface area contributed by atoms with Crippen LogP contribution in [0.3, 0.4) is 0 Å². The van der Waals surface area contributed by atoms with Crippen molar-refractivity contribution in [3.05, 3.63) is 23.7 Å². The lowest BCUT2D eigenvalue weighted by molar-refractivity contribution is 0.440. The van der Waals surface area contributed by atoms with Crippen LogP contribution in [0, 0.1) is 6.92 Å². The van der Waals surface area contributed by atoms with Crippen LogP contribution in [0.25, 0.3) is 0 Å². The van der Waals surface area contributed by atoms with E-state index in [4.69, 9.17) is 4.74 Å². The molecule has 0 saturated carbocycles. The summed E-state index contributed by atoms with van der Waals surface area (Å²) in [5.74, 6) is 2.53. The zero-order valence-corrected chi connectivity index (χ0v) is 10.8. The Hall–Kier alpha value is -2.11. The number of nitrogens with zero attached hydrogens (tertiary/aromatic N) is 3. The molecule has 18 heavy (non-hydrogen) atoms. The monoisotopic (exact) mass is 247 g/mol. The molecule has 0 atom stereocenters. The van der Waals surface area contributed by atoms with Gasteiger partial charge in [0.05, 0.1) is 0 Å². The second-order valence-corrected chi connectivity index (χ2v) is 3.88. The van der Waals surface area contributed by atoms with Gasteiger partial charge in [-0.15, -0.1) is 5.10 Å². The molecule has 0 unspecified atom stereocenters. The molecule has 0 aliphatic rings. The van der Waals surface area contributed by atoms with Crippen LogP contribution in [-0.4, -0.2) is 26.7 Å². The molecule has 96 valence electrons. The van der Waals surface area contributed by atoms with E-state index in [0.717, 1.165) is 30.3 Å². The van der Waals surface area contributed by atoms with Gasteiger partial charge in [0.25, 0.3) is 0 Å². The summed E-state index contributed by atoms with van der Waals surface area (Å²) < 4.78 is 5.60. The number of rotatable bonds is 5. The van der Waals surface area contributed by atoms with Crippen molar-refractivity contribution in [3.8, 4) is 11.8 Å². The van der Waals surface area contributed by atoms with Gasteiger partial charge in [-0.05, 0) is 13.8 Å². The largest absolute Gasteiger partial charge is 0.419 e. The molecule has 2 rings (SSSR count). The van der Waals surface area contributed by atoms with E-state index in [-0.39, 0.29) is 0 Å². The molecule has 2 N–H and O–H groups in total. The first-order valence-electron chi connectivity index (χ1n) is 6.03. The summed E-state index contributed by atoms with van der Waals surface area (Å²) in [7, 11) is 0. The van der Waals surface area contributed by atoms with Gasteiger partial charge in [0.2, 0.25) is 11.8 Å². The maximum Gasteiger partial charge on any atom is 0.240 e. The van der Waals surface area contributed by atoms with Crippen molar-refractivity contribution in [2.75, 3.05) is 11.9 Å². The molecular formula is C12H17N5O. The van der Waals surface area contributed by atoms with Crippen molar-refractivity contribution < 1.29 is 4.74 Å². The lowest BCUT2D eigenvalue weighted by atomic mass is 10.4. The number of hydrogen-bond acceptors (Lipinski definition) is 5. The highest BCUT2D eigenvalue weighted by Crippen LogP contribution is 2.20. The van der Waals surface area contributed by atoms with E-state index in [1.165, 1.54) is 0 Å². The number of ether oxygens (including phenoxy) is 1. The average molecular weight is 247 g/mol. The second kappa shape index (κ2) is 5.48. The first kappa shape index (κ1) is 12.3. The highest BCUT2D eigenvalue weighted by molar-refractivity contribution is 5.39. The minimum absolute atomic E-state index is 0.504. The van der Waals surface area contributed by atoms with E-state index in [9.17, 15) is 0 Å². The lowest BCUT2D eigenvalue weighted by Gasteiger charge is -2.07. The zero-order valence-electron chi connectivity index (χ0n) is 10.8. The van der Waals surface area contributed by atoms with Crippen molar-refractivity contribution >= 4 is 5.82 Å². The average Bonchev–Trinajstić information content (AvgIpc) is 2.75. The molecule has 2 heterocycles. The number of anilines is 1. The van der Waals surface area contributed by atoms with Crippen LogP contribution in [-0.2, 0) is 6.42 Å². The molecule has 6 nitrogen and oxygen atoms in total. The summed E-state index contributed by atoms with van der Waals surface area (Å²) in [6.45, 7) is 6.75. The molecule has 2 aromatic heterocycles. The predicted octanol–water partition coefficient (Wildman–Crippen LogP) is 2.29. The van der Waals surface area contributed by atoms with Crippen LogP contribution in [0.15, 0.2) is 12.1 Å². The summed E-state index contributed by atoms with van der Waals surface area (Å²) in [6.07, 6.45) is 0.759. The summed E-state index contributed by atoms with van der Waals surface area (Å²) in [6, 6.07) is 3.59. The topological polar surface area (TPSA) is 75.7 Å². The predicted molar refractivity (Wildman–Crippen MR) is 69.0 cm³/mol. The first-order chi connectivity index (χ1) is 8.71. The van der Waals surface area contributed by atoms with Crippen LogP contribution < -0.4 is 10.1 Å². The third-order valence-corrected chi connectivity index (χ3v) is 2.31. The van der Waals surface area contributed by atoms with Crippen molar-refractivity contribution in [1.29, 1.82) is 0 Å². The molecule has 0 spiro atoms. The Balaban J connectivity index is 2.23. The van der Waals surface area contributed by atoms with Gasteiger partial charge in [0, 0.05) is 30.8 Å². The van der Waals surface area contributed by atoms with Crippen molar-refractivity contribution in [1.82, 2.24) is 20.2 Å². The fourth-order valence-electron chi connectivity index (χ4n) is 1.51. The van der Waals surface area contributed by atoms with Crippen LogP contribution in [0.4, 0.5) is 5.82 Å². The van der Waals surface area contributed by atoms with Crippen molar-refractivity contribution in [3.63, 3.8) is 0 Å². The van der Waals surface area contributed by atoms with E-state index in [1.54, 1.807) is 6.07 Å². The van der Waals surface area contributed by atoms with Gasteiger partial charge in [-0.3, -0.25) is 5.10 Å². The molecule has 6 heteroatoms. The molecule has 0 aliphatic heterocycles. The van der Waals surface area contributed by atoms with Crippen molar-refractivity contribution in [2.45, 2.75) is 27.2 Å². The van der Waals surface area contributed by atoms with E-state index < -0.39 is 0 Å². The maximum atomic E-state index is 5.60. The van der Waals surface area contributed by atoms with E-state index >= 15 is 0 Å². The van der Waals surface area contributed by atoms with E-state index in [0.29, 0.717) is 11.8 Å². The van der Waals surface area contributed by atoms with Crippen LogP contribution in [0.5, 0.6) is 11.8 Å². The van der Waals surface area contributed by atoms with Crippen molar-refractivity contribution in [2.24, 2.45) is 0 Å². The fourth-order valence-corrected chi connectivity index (χ4v) is 1.51. The molecule has 0 aromatic carbocycles. The standard InChI is InChI=1S/C12H17N5O/c1-4-9-14-10(13-5-2)7-11(15-9)18-12-6-8(3)16-17-12/h6-7H,4-5H2,1-3H3,(H,16,17)(H,13,14,15). The van der Waals surface area contributed by atoms with Gasteiger partial charge in [-0.2, -0.15) is 4.98 Å². The SMILES string of the molecule is CCNc1cc(Oc2cc(C)[nH]n2)nc(CC)n1. The van der Waals surface area contributed by atoms with E-state index in [1.807, 2.05) is 26.8 Å². The van der Waals surface area contributed by atoms with Crippen LogP contribution in [0.2, 0.25) is 0 Å². The Kier molecular flexibility index (Phi) is 3.76. The molecule has 0 radical (unpaired) electrons. The third kappa shape index (κ3) is 2.97. The maximum absolute atomic E-state index is 5.60. The highest BCUT2D eigenvalue weighted by Gasteiger charge is 2.07. The molecule has 0 amide bonds. The first-order valence-corrected chi connectivity index (χ1v) is 6.03. The van der Waals surface area contributed by atoms with Gasteiger partial charge in [-0.25, -0.2) is 4.98 Å². The number of aromatic amines is 1. The fraction of sp³-hybridized carbons (Fsp3) is 0.417. The highest BCUT2D eigenvalue weighted by atomic mass is 16.5. The molecule has 0 fully saturated rings. The van der Waals surface area contributed by atoms with Gasteiger partial charge < -0.3 is 10.1 Å². The van der Waals surface area contributed by atoms with Gasteiger partial charge in [-0.1, -0.05) is 6.92 Å². The number of aryl methyl sites for hydroxylation is 2. The van der Waals surface area contributed by atoms with Gasteiger partial charge >= 0.3 is 0 Å². The Labute approximate surface area is 106 Å². The van der Waals surface area contributed by atoms with Gasteiger partial charge in [0.15, 0.2) is 0 Å². The Morgan fingerprint density at radius 3 is 2.67 bits per heavy atom. The van der Waals surface area contributed by atoms with E-state index in [2.05, 4.69) is 25.5 Å². The Bertz CT molecular complexity index is 523. The lowest BCUT2D eigenvalue weighted by Crippen LogP contribution is -2.04. The smallest absolute Gasteiger partial charge is 0.240 e. The quantitative estimate of drug-likeness (QED) is 0.847. The summed E-state index contributed by atoms with van der Waals surface area (Å²) in [4.78, 5) is 8.67. The molecule has 2 aromatic rings. The summed E-state index contributed by atoms with van der Waals surface area (Å²) in [5, 5.41) is 9.99. The molecule has 0 aliphatic carbocycles. The van der Waals surface area contributed by atoms with Crippen LogP contribution >= 0.6 is 0 Å². The number of nitrogens with one attached hydrogen (secondary N) is 2. The molecular weight excluding hydrogens is 230 g/mol. The molecule has 0 bridgehead atoms. The summed E-state index contributed by atoms with van der Waals surface area (Å²) in [5.41, 5.74) is 0.946. The Morgan fingerprint density at radius 1 is 1.22 bits per heavy atom. The zero-order chi connectivity index (χ0) is 13.0. The third-order valence-electron chi connectivity index (χ3n) is 2.31. The normalized spacial score (nSPS) is 10.4. The second-order valence-electron chi connectivity index (χ2n) is 3.88. The minimum Gasteiger partial charge on any atom is -0.419 e.